The van der Waals surface area contributed by atoms with Gasteiger partial charge in [0.1, 0.15) is 10.1 Å². The molecular formula is C14H20BrNO3. The Morgan fingerprint density at radius 3 is 2.89 bits per heavy atom. The molecule has 4 nitrogen and oxygen atoms in total. The largest absolute Gasteiger partial charge is 0.469 e. The number of furan rings is 1. The molecule has 106 valence electrons. The third-order valence-electron chi connectivity index (χ3n) is 3.47. The maximum atomic E-state index is 12.0. The van der Waals surface area contributed by atoms with Crippen LogP contribution in [-0.4, -0.2) is 16.8 Å². The highest BCUT2D eigenvalue weighted by Gasteiger charge is 2.36. The van der Waals surface area contributed by atoms with E-state index in [1.165, 1.54) is 6.42 Å². The van der Waals surface area contributed by atoms with Crippen LogP contribution in [0.4, 0.5) is 0 Å². The monoisotopic (exact) mass is 329 g/mol. The lowest BCUT2D eigenvalue weighted by atomic mass is 9.88. The molecule has 1 aromatic heterocycles. The maximum absolute atomic E-state index is 12.0. The Morgan fingerprint density at radius 2 is 2.21 bits per heavy atom. The minimum atomic E-state index is -0.424. The van der Waals surface area contributed by atoms with Gasteiger partial charge in [-0.2, -0.15) is 0 Å². The van der Waals surface area contributed by atoms with E-state index in [1.54, 1.807) is 6.26 Å². The number of carbonyl (C=O) groups excluding carboxylic acids is 1. The van der Waals surface area contributed by atoms with E-state index < -0.39 is 4.32 Å². The standard InChI is InChI=1S/C14H20BrNO3/c15-14(8-2-1-3-9-14)13(17)16-19-11-5-7-12-6-4-10-18-12/h4,6,10H,1-3,5,7-9,11H2,(H,16,17). The van der Waals surface area contributed by atoms with Crippen LogP contribution in [0.3, 0.4) is 0 Å². The molecule has 1 aromatic rings. The van der Waals surface area contributed by atoms with Gasteiger partial charge in [-0.25, -0.2) is 5.48 Å². The van der Waals surface area contributed by atoms with Crippen LogP contribution < -0.4 is 5.48 Å². The van der Waals surface area contributed by atoms with Crippen molar-refractivity contribution >= 4 is 21.8 Å². The summed E-state index contributed by atoms with van der Waals surface area (Å²) in [7, 11) is 0. The number of rotatable bonds is 6. The van der Waals surface area contributed by atoms with Crippen molar-refractivity contribution in [3.63, 3.8) is 0 Å². The topological polar surface area (TPSA) is 51.5 Å². The normalized spacial score (nSPS) is 18.2. The summed E-state index contributed by atoms with van der Waals surface area (Å²) in [5.74, 6) is 0.893. The summed E-state index contributed by atoms with van der Waals surface area (Å²) in [6, 6.07) is 3.81. The molecule has 5 heteroatoms. The van der Waals surface area contributed by atoms with Gasteiger partial charge in [0, 0.05) is 6.42 Å². The van der Waals surface area contributed by atoms with Gasteiger partial charge in [0.05, 0.1) is 12.9 Å². The summed E-state index contributed by atoms with van der Waals surface area (Å²) < 4.78 is 4.80. The van der Waals surface area contributed by atoms with Crippen molar-refractivity contribution in [2.24, 2.45) is 0 Å². The summed E-state index contributed by atoms with van der Waals surface area (Å²) in [5.41, 5.74) is 2.56. The molecule has 1 aliphatic rings. The van der Waals surface area contributed by atoms with E-state index in [4.69, 9.17) is 9.25 Å². The van der Waals surface area contributed by atoms with E-state index in [0.29, 0.717) is 6.61 Å². The number of nitrogens with one attached hydrogen (secondary N) is 1. The van der Waals surface area contributed by atoms with Gasteiger partial charge < -0.3 is 4.42 Å². The Kier molecular flexibility index (Phi) is 5.45. The molecule has 2 rings (SSSR count). The number of hydroxylamine groups is 1. The zero-order chi connectivity index (χ0) is 13.6. The first-order valence-electron chi connectivity index (χ1n) is 6.84. The number of amides is 1. The van der Waals surface area contributed by atoms with Crippen LogP contribution in [0.2, 0.25) is 0 Å². The first-order chi connectivity index (χ1) is 9.21. The fourth-order valence-corrected chi connectivity index (χ4v) is 2.96. The second-order valence-corrected chi connectivity index (χ2v) is 6.51. The third kappa shape index (κ3) is 4.35. The lowest BCUT2D eigenvalue weighted by Gasteiger charge is -2.29. The highest BCUT2D eigenvalue weighted by molar-refractivity contribution is 9.10. The Bertz CT molecular complexity index is 385. The van der Waals surface area contributed by atoms with Crippen LogP contribution in [0, 0.1) is 0 Å². The second kappa shape index (κ2) is 7.10. The van der Waals surface area contributed by atoms with E-state index in [-0.39, 0.29) is 5.91 Å². The molecule has 1 amide bonds. The molecule has 0 aromatic carbocycles. The lowest BCUT2D eigenvalue weighted by Crippen LogP contribution is -2.43. The molecule has 1 N–H and O–H groups in total. The number of hydrogen-bond donors (Lipinski definition) is 1. The Balaban J connectivity index is 1.61. The lowest BCUT2D eigenvalue weighted by molar-refractivity contribution is -0.136. The van der Waals surface area contributed by atoms with E-state index in [1.807, 2.05) is 12.1 Å². The molecule has 0 saturated heterocycles. The average molecular weight is 330 g/mol. The highest BCUT2D eigenvalue weighted by Crippen LogP contribution is 2.35. The van der Waals surface area contributed by atoms with Crippen LogP contribution in [0.1, 0.15) is 44.3 Å². The Morgan fingerprint density at radius 1 is 1.42 bits per heavy atom. The summed E-state index contributed by atoms with van der Waals surface area (Å²) in [4.78, 5) is 17.3. The Labute approximate surface area is 122 Å². The van der Waals surface area contributed by atoms with Gasteiger partial charge in [-0.05, 0) is 31.4 Å². The maximum Gasteiger partial charge on any atom is 0.260 e. The molecule has 0 unspecified atom stereocenters. The van der Waals surface area contributed by atoms with Crippen LogP contribution in [0.15, 0.2) is 22.8 Å². The predicted octanol–water partition coefficient (Wildman–Crippen LogP) is 3.36. The molecule has 1 saturated carbocycles. The minimum Gasteiger partial charge on any atom is -0.469 e. The molecule has 1 aliphatic carbocycles. The first-order valence-corrected chi connectivity index (χ1v) is 7.63. The molecule has 0 aliphatic heterocycles. The SMILES string of the molecule is O=C(NOCCCc1ccco1)C1(Br)CCCCC1. The molecule has 19 heavy (non-hydrogen) atoms. The van der Waals surface area contributed by atoms with Crippen molar-refractivity contribution in [2.45, 2.75) is 49.3 Å². The molecule has 1 fully saturated rings. The van der Waals surface area contributed by atoms with Gasteiger partial charge >= 0.3 is 0 Å². The summed E-state index contributed by atoms with van der Waals surface area (Å²) in [6.07, 6.45) is 8.48. The van der Waals surface area contributed by atoms with Gasteiger partial charge in [-0.15, -0.1) is 0 Å². The van der Waals surface area contributed by atoms with Gasteiger partial charge in [-0.1, -0.05) is 35.2 Å². The van der Waals surface area contributed by atoms with Gasteiger partial charge in [0.2, 0.25) is 0 Å². The second-order valence-electron chi connectivity index (χ2n) is 4.99. The number of aryl methyl sites for hydroxylation is 1. The zero-order valence-corrected chi connectivity index (χ0v) is 12.6. The number of alkyl halides is 1. The summed E-state index contributed by atoms with van der Waals surface area (Å²) >= 11 is 3.55. The van der Waals surface area contributed by atoms with Crippen LogP contribution >= 0.6 is 15.9 Å². The van der Waals surface area contributed by atoms with Crippen LogP contribution in [-0.2, 0) is 16.1 Å². The predicted molar refractivity (Wildman–Crippen MR) is 75.9 cm³/mol. The summed E-state index contributed by atoms with van der Waals surface area (Å²) in [6.45, 7) is 0.496. The fourth-order valence-electron chi connectivity index (χ4n) is 2.32. The van der Waals surface area contributed by atoms with Crippen molar-refractivity contribution in [1.82, 2.24) is 5.48 Å². The van der Waals surface area contributed by atoms with E-state index in [9.17, 15) is 4.79 Å². The highest BCUT2D eigenvalue weighted by atomic mass is 79.9. The quantitative estimate of drug-likeness (QED) is 0.494. The first kappa shape index (κ1) is 14.6. The van der Waals surface area contributed by atoms with E-state index in [0.717, 1.165) is 44.3 Å². The number of carbonyl (C=O) groups is 1. The molecular weight excluding hydrogens is 310 g/mol. The molecule has 1 heterocycles. The fraction of sp³-hybridized carbons (Fsp3) is 0.643. The average Bonchev–Trinajstić information content (AvgIpc) is 2.92. The van der Waals surface area contributed by atoms with Gasteiger partial charge in [0.25, 0.3) is 5.91 Å². The van der Waals surface area contributed by atoms with Crippen molar-refractivity contribution in [3.8, 4) is 0 Å². The molecule has 0 atom stereocenters. The molecule has 0 spiro atoms. The minimum absolute atomic E-state index is 0.0507. The van der Waals surface area contributed by atoms with Crippen LogP contribution in [0.25, 0.3) is 0 Å². The van der Waals surface area contributed by atoms with Crippen LogP contribution in [0.5, 0.6) is 0 Å². The smallest absolute Gasteiger partial charge is 0.260 e. The molecule has 0 radical (unpaired) electrons. The zero-order valence-electron chi connectivity index (χ0n) is 11.0. The van der Waals surface area contributed by atoms with Gasteiger partial charge in [-0.3, -0.25) is 9.63 Å². The Hall–Kier alpha value is -0.810. The number of hydrogen-bond acceptors (Lipinski definition) is 3. The third-order valence-corrected chi connectivity index (χ3v) is 4.62. The van der Waals surface area contributed by atoms with Crippen molar-refractivity contribution in [2.75, 3.05) is 6.61 Å². The van der Waals surface area contributed by atoms with E-state index >= 15 is 0 Å². The van der Waals surface area contributed by atoms with Gasteiger partial charge in [0.15, 0.2) is 0 Å². The van der Waals surface area contributed by atoms with Crippen molar-refractivity contribution < 1.29 is 14.0 Å². The molecule has 0 bridgehead atoms. The van der Waals surface area contributed by atoms with Crippen molar-refractivity contribution in [1.29, 1.82) is 0 Å². The number of halogens is 1. The van der Waals surface area contributed by atoms with E-state index in [2.05, 4.69) is 21.4 Å². The van der Waals surface area contributed by atoms with Crippen molar-refractivity contribution in [3.05, 3.63) is 24.2 Å². The summed E-state index contributed by atoms with van der Waals surface area (Å²) in [5, 5.41) is 0.